The highest BCUT2D eigenvalue weighted by Crippen LogP contribution is 2.33. The first kappa shape index (κ1) is 20.4. The molecule has 0 spiro atoms. The van der Waals surface area contributed by atoms with Gasteiger partial charge in [-0.3, -0.25) is 4.18 Å². The van der Waals surface area contributed by atoms with Crippen LogP contribution in [-0.2, 0) is 23.8 Å². The van der Waals surface area contributed by atoms with Gasteiger partial charge in [-0.05, 0) is 5.53 Å². The third kappa shape index (κ3) is 4.68. The smallest absolute Gasteiger partial charge is 0.330 e. The second kappa shape index (κ2) is 8.46. The molecule has 0 unspecified atom stereocenters. The molecular weight excluding hydrogens is 374 g/mol. The second-order valence-electron chi connectivity index (χ2n) is 4.12. The number of rotatable bonds is 8. The van der Waals surface area contributed by atoms with Crippen LogP contribution in [0.25, 0.3) is 10.4 Å². The number of azide groups is 1. The zero-order chi connectivity index (χ0) is 19.2. The maximum Gasteiger partial charge on any atom is 0.330 e. The van der Waals surface area contributed by atoms with E-state index < -0.39 is 56.5 Å². The van der Waals surface area contributed by atoms with Crippen LogP contribution >= 0.6 is 0 Å². The summed E-state index contributed by atoms with van der Waals surface area (Å²) < 4.78 is 86.8. The van der Waals surface area contributed by atoms with E-state index in [0.29, 0.717) is 0 Å². The van der Waals surface area contributed by atoms with Crippen molar-refractivity contribution in [2.75, 3.05) is 13.2 Å². The first-order chi connectivity index (χ1) is 11.7. The number of hydrogen-bond donors (Lipinski definition) is 0. The normalized spacial score (nSPS) is 10.9. The Balaban J connectivity index is 3.04. The molecule has 1 aromatic rings. The van der Waals surface area contributed by atoms with E-state index in [2.05, 4.69) is 20.6 Å². The van der Waals surface area contributed by atoms with Gasteiger partial charge in [0.1, 0.15) is 5.69 Å². The van der Waals surface area contributed by atoms with Crippen LogP contribution in [0.2, 0.25) is 0 Å². The number of hydrogen-bond acceptors (Lipinski definition) is 6. The van der Waals surface area contributed by atoms with Crippen molar-refractivity contribution >= 4 is 21.8 Å². The van der Waals surface area contributed by atoms with Gasteiger partial charge in [0.2, 0.25) is 0 Å². The lowest BCUT2D eigenvalue weighted by molar-refractivity contribution is -0.137. The molecule has 0 aliphatic carbocycles. The molecule has 25 heavy (non-hydrogen) atoms. The molecule has 0 heterocycles. The predicted molar refractivity (Wildman–Crippen MR) is 74.0 cm³/mol. The third-order valence-corrected chi connectivity index (χ3v) is 3.87. The Kier molecular flexibility index (Phi) is 6.91. The van der Waals surface area contributed by atoms with Gasteiger partial charge in [0.25, 0.3) is 0 Å². The number of esters is 1. The molecule has 0 atom stereocenters. The Hall–Kier alpha value is -2.63. The van der Waals surface area contributed by atoms with E-state index in [1.807, 2.05) is 4.91 Å². The minimum Gasteiger partial charge on any atom is -0.462 e. The zero-order valence-corrected chi connectivity index (χ0v) is 13.0. The molecule has 0 bridgehead atoms. The third-order valence-electron chi connectivity index (χ3n) is 2.53. The van der Waals surface area contributed by atoms with Gasteiger partial charge in [-0.25, -0.2) is 22.4 Å². The highest BCUT2D eigenvalue weighted by Gasteiger charge is 2.33. The van der Waals surface area contributed by atoms with Crippen LogP contribution in [-0.4, -0.2) is 27.6 Å². The Morgan fingerprint density at radius 1 is 1.16 bits per heavy atom. The number of benzene rings is 1. The van der Waals surface area contributed by atoms with E-state index in [1.54, 1.807) is 0 Å². The van der Waals surface area contributed by atoms with Crippen LogP contribution in [0.5, 0.6) is 0 Å². The maximum atomic E-state index is 13.7. The quantitative estimate of drug-likeness (QED) is 0.0787. The van der Waals surface area contributed by atoms with Crippen molar-refractivity contribution in [1.29, 1.82) is 0 Å². The highest BCUT2D eigenvalue weighted by atomic mass is 32.2. The minimum atomic E-state index is -5.23. The summed E-state index contributed by atoms with van der Waals surface area (Å²) in [7, 11) is -5.23. The van der Waals surface area contributed by atoms with E-state index in [4.69, 9.17) is 5.53 Å². The van der Waals surface area contributed by atoms with E-state index in [-0.39, 0.29) is 13.0 Å². The van der Waals surface area contributed by atoms with Gasteiger partial charge in [-0.2, -0.15) is 8.42 Å². The number of halogens is 4. The number of carbonyl (C=O) groups excluding carboxylic acids is 1. The Bertz CT molecular complexity index is 824. The second-order valence-corrected chi connectivity index (χ2v) is 5.68. The van der Waals surface area contributed by atoms with Crippen molar-refractivity contribution in [3.63, 3.8) is 0 Å². The van der Waals surface area contributed by atoms with Gasteiger partial charge >= 0.3 is 16.1 Å². The van der Waals surface area contributed by atoms with Gasteiger partial charge in [-0.1, -0.05) is 11.7 Å². The van der Waals surface area contributed by atoms with Gasteiger partial charge in [-0.15, -0.1) is 0 Å². The summed E-state index contributed by atoms with van der Waals surface area (Å²) in [6.07, 6.45) is 0.642. The Morgan fingerprint density at radius 3 is 2.20 bits per heavy atom. The minimum absolute atomic E-state index is 0.205. The highest BCUT2D eigenvalue weighted by molar-refractivity contribution is 7.86. The molecule has 136 valence electrons. The fraction of sp³-hybridized carbons (Fsp3) is 0.250. The fourth-order valence-corrected chi connectivity index (χ4v) is 2.54. The molecule has 0 amide bonds. The van der Waals surface area contributed by atoms with E-state index in [1.165, 1.54) is 0 Å². The first-order valence-electron chi connectivity index (χ1n) is 6.27. The van der Waals surface area contributed by atoms with Crippen molar-refractivity contribution < 1.29 is 39.7 Å². The van der Waals surface area contributed by atoms with Crippen LogP contribution in [0.3, 0.4) is 0 Å². The molecule has 1 rings (SSSR count). The molecule has 0 aliphatic heterocycles. The molecule has 0 saturated carbocycles. The van der Waals surface area contributed by atoms with Crippen LogP contribution < -0.4 is 0 Å². The fourth-order valence-electron chi connectivity index (χ4n) is 1.47. The summed E-state index contributed by atoms with van der Waals surface area (Å²) >= 11 is 0. The van der Waals surface area contributed by atoms with Gasteiger partial charge in [0, 0.05) is 17.4 Å². The van der Waals surface area contributed by atoms with Crippen molar-refractivity contribution in [3.8, 4) is 0 Å². The SMILES string of the molecule is C=CC(=O)OCCCOS(=O)(=O)c1c(F)c(F)c(N=[N+]=[N-])c(F)c1F. The predicted octanol–water partition coefficient (Wildman–Crippen LogP) is 3.01. The number of ether oxygens (including phenoxy) is 1. The average Bonchev–Trinajstić information content (AvgIpc) is 2.56. The molecular formula is C12H9F4N3O5S. The zero-order valence-electron chi connectivity index (χ0n) is 12.2. The monoisotopic (exact) mass is 383 g/mol. The summed E-state index contributed by atoms with van der Waals surface area (Å²) in [6, 6.07) is 0. The van der Waals surface area contributed by atoms with Crippen molar-refractivity contribution in [1.82, 2.24) is 0 Å². The van der Waals surface area contributed by atoms with Crippen molar-refractivity contribution in [2.45, 2.75) is 11.3 Å². The summed E-state index contributed by atoms with van der Waals surface area (Å²) in [6.45, 7) is 2.11. The van der Waals surface area contributed by atoms with Crippen LogP contribution in [0.4, 0.5) is 23.2 Å². The molecule has 13 heteroatoms. The maximum absolute atomic E-state index is 13.7. The first-order valence-corrected chi connectivity index (χ1v) is 7.67. The van der Waals surface area contributed by atoms with Gasteiger partial charge in [0.15, 0.2) is 28.2 Å². The number of carbonyl (C=O) groups is 1. The lowest BCUT2D eigenvalue weighted by Gasteiger charge is -2.10. The standard InChI is InChI=1S/C12H9F4N3O5S/c1-2-6(20)23-4-3-5-24-25(21,22)12-9(15)7(13)11(18-19-17)8(14)10(12)16/h2H,1,3-5H2. The van der Waals surface area contributed by atoms with Gasteiger partial charge in [0.05, 0.1) is 13.2 Å². The average molecular weight is 383 g/mol. The molecule has 0 N–H and O–H groups in total. The molecule has 0 saturated heterocycles. The van der Waals surface area contributed by atoms with Crippen LogP contribution in [0.1, 0.15) is 6.42 Å². The molecule has 0 radical (unpaired) electrons. The summed E-state index contributed by atoms with van der Waals surface area (Å²) in [5.74, 6) is -9.80. The molecule has 0 aliphatic rings. The van der Waals surface area contributed by atoms with Crippen molar-refractivity contribution in [2.24, 2.45) is 5.11 Å². The molecule has 8 nitrogen and oxygen atoms in total. The van der Waals surface area contributed by atoms with E-state index in [0.717, 1.165) is 6.08 Å². The molecule has 0 fully saturated rings. The lowest BCUT2D eigenvalue weighted by atomic mass is 10.2. The Labute approximate surface area is 138 Å². The summed E-state index contributed by atoms with van der Waals surface area (Å²) in [5, 5.41) is 2.42. The van der Waals surface area contributed by atoms with Crippen LogP contribution in [0, 0.1) is 23.3 Å². The van der Waals surface area contributed by atoms with E-state index in [9.17, 15) is 30.8 Å². The number of nitrogens with zero attached hydrogens (tertiary/aromatic N) is 3. The topological polar surface area (TPSA) is 118 Å². The molecule has 1 aromatic carbocycles. The van der Waals surface area contributed by atoms with Crippen LogP contribution in [0.15, 0.2) is 22.7 Å². The largest absolute Gasteiger partial charge is 0.462 e. The summed E-state index contributed by atoms with van der Waals surface area (Å²) in [4.78, 5) is 10.7. The van der Waals surface area contributed by atoms with Gasteiger partial charge < -0.3 is 4.74 Å². The lowest BCUT2D eigenvalue weighted by Crippen LogP contribution is -2.15. The van der Waals surface area contributed by atoms with Crippen molar-refractivity contribution in [3.05, 3.63) is 46.4 Å². The Morgan fingerprint density at radius 2 is 1.72 bits per heavy atom. The molecule has 0 aromatic heterocycles. The summed E-state index contributed by atoms with van der Waals surface area (Å²) in [5.41, 5.74) is 6.44. The van der Waals surface area contributed by atoms with E-state index >= 15 is 0 Å².